The number of aromatic nitrogens is 1. The average Bonchev–Trinajstić information content (AvgIpc) is 2.96. The van der Waals surface area contributed by atoms with Gasteiger partial charge < -0.3 is 0 Å². The monoisotopic (exact) mass is 281 g/mol. The fourth-order valence-corrected chi connectivity index (χ4v) is 2.38. The number of thiophene rings is 1. The highest BCUT2D eigenvalue weighted by Crippen LogP contribution is 2.24. The number of anilines is 1. The van der Waals surface area contributed by atoms with Crippen molar-refractivity contribution in [2.75, 3.05) is 5.32 Å². The Hall–Kier alpha value is -2.06. The van der Waals surface area contributed by atoms with E-state index in [1.165, 1.54) is 29.6 Å². The Morgan fingerprint density at radius 3 is 2.94 bits per heavy atom. The quantitative estimate of drug-likeness (QED) is 0.530. The topological polar surface area (TPSA) is 85.1 Å². The van der Waals surface area contributed by atoms with E-state index in [-0.39, 0.29) is 10.9 Å². The van der Waals surface area contributed by atoms with Gasteiger partial charge in [0.2, 0.25) is 5.91 Å². The molecule has 0 spiro atoms. The summed E-state index contributed by atoms with van der Waals surface area (Å²) in [6.45, 7) is 0. The van der Waals surface area contributed by atoms with Crippen molar-refractivity contribution >= 4 is 44.8 Å². The molecule has 1 N–H and O–H groups in total. The molecule has 1 amide bonds. The molecular weight excluding hydrogens is 274 g/mol. The van der Waals surface area contributed by atoms with Crippen molar-refractivity contribution in [2.45, 2.75) is 0 Å². The van der Waals surface area contributed by atoms with Crippen LogP contribution in [0.3, 0.4) is 0 Å². The zero-order valence-electron chi connectivity index (χ0n) is 8.90. The molecule has 0 aliphatic carbocycles. The van der Waals surface area contributed by atoms with Crippen molar-refractivity contribution in [1.82, 2.24) is 4.98 Å². The summed E-state index contributed by atoms with van der Waals surface area (Å²) in [5.74, 6) is -0.319. The van der Waals surface area contributed by atoms with E-state index in [0.29, 0.717) is 10.0 Å². The highest BCUT2D eigenvalue weighted by atomic mass is 32.1. The summed E-state index contributed by atoms with van der Waals surface area (Å²) in [7, 11) is 0. The lowest BCUT2D eigenvalue weighted by Gasteiger charge is -1.93. The van der Waals surface area contributed by atoms with Crippen LogP contribution in [0.1, 0.15) is 4.88 Å². The van der Waals surface area contributed by atoms with Gasteiger partial charge in [0.1, 0.15) is 0 Å². The summed E-state index contributed by atoms with van der Waals surface area (Å²) in [6, 6.07) is 3.00. The number of hydrogen-bond donors (Lipinski definition) is 1. The molecule has 2 aromatic heterocycles. The van der Waals surface area contributed by atoms with E-state index in [9.17, 15) is 14.9 Å². The summed E-state index contributed by atoms with van der Waals surface area (Å²) in [6.07, 6.45) is 4.43. The maximum Gasteiger partial charge on any atom is 0.324 e. The summed E-state index contributed by atoms with van der Waals surface area (Å²) in [5, 5.41) is 15.4. The SMILES string of the molecule is O=C(/C=C/c1ccc([N+](=O)[O-])s1)Nc1nccs1. The van der Waals surface area contributed by atoms with Crippen molar-refractivity contribution in [3.63, 3.8) is 0 Å². The molecular formula is C10H7N3O3S2. The molecule has 0 aliphatic rings. The zero-order valence-corrected chi connectivity index (χ0v) is 10.5. The third kappa shape index (κ3) is 3.22. The second-order valence-corrected chi connectivity index (χ2v) is 5.08. The molecule has 6 nitrogen and oxygen atoms in total. The first-order chi connectivity index (χ1) is 8.65. The smallest absolute Gasteiger partial charge is 0.298 e. The fraction of sp³-hybridized carbons (Fsp3) is 0. The molecule has 0 saturated heterocycles. The maximum absolute atomic E-state index is 11.5. The third-order valence-corrected chi connectivity index (χ3v) is 3.54. The lowest BCUT2D eigenvalue weighted by molar-refractivity contribution is -0.380. The summed E-state index contributed by atoms with van der Waals surface area (Å²) in [5.41, 5.74) is 0. The highest BCUT2D eigenvalue weighted by molar-refractivity contribution is 7.16. The van der Waals surface area contributed by atoms with Crippen LogP contribution < -0.4 is 5.32 Å². The number of carbonyl (C=O) groups excluding carboxylic acids is 1. The minimum absolute atomic E-state index is 0.0509. The number of thiazole rings is 1. The van der Waals surface area contributed by atoms with Crippen LogP contribution in [0.5, 0.6) is 0 Å². The van der Waals surface area contributed by atoms with Crippen LogP contribution in [-0.2, 0) is 4.79 Å². The molecule has 8 heteroatoms. The summed E-state index contributed by atoms with van der Waals surface area (Å²) < 4.78 is 0. The minimum Gasteiger partial charge on any atom is -0.298 e. The van der Waals surface area contributed by atoms with Gasteiger partial charge in [-0.05, 0) is 12.1 Å². The Balaban J connectivity index is 1.97. The minimum atomic E-state index is -0.461. The molecule has 0 radical (unpaired) electrons. The van der Waals surface area contributed by atoms with E-state index >= 15 is 0 Å². The fourth-order valence-electron chi connectivity index (χ4n) is 1.12. The van der Waals surface area contributed by atoms with Crippen LogP contribution in [0, 0.1) is 10.1 Å². The molecule has 92 valence electrons. The van der Waals surface area contributed by atoms with E-state index in [1.54, 1.807) is 17.6 Å². The van der Waals surface area contributed by atoms with Gasteiger partial charge in [0.25, 0.3) is 0 Å². The molecule has 0 atom stereocenters. The van der Waals surface area contributed by atoms with Crippen molar-refractivity contribution in [3.8, 4) is 0 Å². The van der Waals surface area contributed by atoms with Crippen LogP contribution in [0.2, 0.25) is 0 Å². The average molecular weight is 281 g/mol. The van der Waals surface area contributed by atoms with Gasteiger partial charge in [-0.15, -0.1) is 11.3 Å². The lowest BCUT2D eigenvalue weighted by atomic mass is 10.4. The Kier molecular flexibility index (Phi) is 3.80. The molecule has 18 heavy (non-hydrogen) atoms. The zero-order chi connectivity index (χ0) is 13.0. The van der Waals surface area contributed by atoms with E-state index in [4.69, 9.17) is 0 Å². The number of nitrogens with zero attached hydrogens (tertiary/aromatic N) is 2. The van der Waals surface area contributed by atoms with Gasteiger partial charge >= 0.3 is 5.00 Å². The van der Waals surface area contributed by atoms with Crippen molar-refractivity contribution in [3.05, 3.63) is 44.8 Å². The van der Waals surface area contributed by atoms with Crippen molar-refractivity contribution in [2.24, 2.45) is 0 Å². The van der Waals surface area contributed by atoms with E-state index in [1.807, 2.05) is 0 Å². The Morgan fingerprint density at radius 1 is 1.50 bits per heavy atom. The molecule has 2 aromatic rings. The van der Waals surface area contributed by atoms with E-state index in [2.05, 4.69) is 10.3 Å². The molecule has 0 bridgehead atoms. The molecule has 2 heterocycles. The van der Waals surface area contributed by atoms with Gasteiger partial charge in [0.05, 0.1) is 4.92 Å². The number of carbonyl (C=O) groups is 1. The van der Waals surface area contributed by atoms with Crippen LogP contribution in [0.4, 0.5) is 10.1 Å². The molecule has 0 saturated carbocycles. The molecule has 2 rings (SSSR count). The number of hydrogen-bond acceptors (Lipinski definition) is 6. The third-order valence-electron chi connectivity index (χ3n) is 1.85. The van der Waals surface area contributed by atoms with Gasteiger partial charge in [-0.2, -0.15) is 0 Å². The number of nitro groups is 1. The molecule has 0 aromatic carbocycles. The van der Waals surface area contributed by atoms with Gasteiger partial charge in [-0.3, -0.25) is 20.2 Å². The Morgan fingerprint density at radius 2 is 2.33 bits per heavy atom. The van der Waals surface area contributed by atoms with Crippen LogP contribution >= 0.6 is 22.7 Å². The Bertz CT molecular complexity index is 589. The normalized spacial score (nSPS) is 10.7. The molecule has 0 unspecified atom stereocenters. The molecule has 0 fully saturated rings. The number of nitrogens with one attached hydrogen (secondary N) is 1. The van der Waals surface area contributed by atoms with Gasteiger partial charge in [-0.1, -0.05) is 11.3 Å². The standard InChI is InChI=1S/C10H7N3O3S2/c14-8(12-10-11-5-6-17-10)3-1-7-2-4-9(18-7)13(15)16/h1-6H,(H,11,12,14)/b3-1+. The first kappa shape index (κ1) is 12.4. The Labute approximate surface area is 110 Å². The second kappa shape index (κ2) is 5.52. The van der Waals surface area contributed by atoms with Crippen LogP contribution in [0.15, 0.2) is 29.8 Å². The summed E-state index contributed by atoms with van der Waals surface area (Å²) in [4.78, 5) is 26.0. The largest absolute Gasteiger partial charge is 0.324 e. The maximum atomic E-state index is 11.5. The number of rotatable bonds is 4. The van der Waals surface area contributed by atoms with Crippen molar-refractivity contribution in [1.29, 1.82) is 0 Å². The first-order valence-electron chi connectivity index (χ1n) is 4.78. The van der Waals surface area contributed by atoms with Crippen molar-refractivity contribution < 1.29 is 9.72 Å². The van der Waals surface area contributed by atoms with Crippen LogP contribution in [0.25, 0.3) is 6.08 Å². The predicted octanol–water partition coefficient (Wildman–Crippen LogP) is 2.76. The number of amides is 1. The summed E-state index contributed by atoms with van der Waals surface area (Å²) >= 11 is 2.33. The van der Waals surface area contributed by atoms with E-state index in [0.717, 1.165) is 11.3 Å². The van der Waals surface area contributed by atoms with Crippen LogP contribution in [-0.4, -0.2) is 15.8 Å². The highest BCUT2D eigenvalue weighted by Gasteiger charge is 2.08. The second-order valence-electron chi connectivity index (χ2n) is 3.09. The van der Waals surface area contributed by atoms with E-state index < -0.39 is 4.92 Å². The predicted molar refractivity (Wildman–Crippen MR) is 70.8 cm³/mol. The first-order valence-corrected chi connectivity index (χ1v) is 6.47. The van der Waals surface area contributed by atoms with Gasteiger partial charge in [-0.25, -0.2) is 4.98 Å². The van der Waals surface area contributed by atoms with Gasteiger partial charge in [0.15, 0.2) is 5.13 Å². The molecule has 0 aliphatic heterocycles. The lowest BCUT2D eigenvalue weighted by Crippen LogP contribution is -2.06. The van der Waals surface area contributed by atoms with Gasteiger partial charge in [0, 0.05) is 28.6 Å².